The Morgan fingerprint density at radius 3 is 2.67 bits per heavy atom. The maximum Gasteiger partial charge on any atom is 0.349 e. The van der Waals surface area contributed by atoms with Crippen LogP contribution in [0.2, 0.25) is 0 Å². The van der Waals surface area contributed by atoms with Gasteiger partial charge in [0.25, 0.3) is 6.47 Å². The smallest absolute Gasteiger partial charge is 0.349 e. The van der Waals surface area contributed by atoms with Gasteiger partial charge in [-0.3, -0.25) is 4.79 Å². The van der Waals surface area contributed by atoms with E-state index in [1.54, 1.807) is 19.9 Å². The minimum absolute atomic E-state index is 0.0653. The molecule has 6 nitrogen and oxygen atoms in total. The number of rotatable bonds is 7. The second-order valence-corrected chi connectivity index (χ2v) is 7.16. The lowest BCUT2D eigenvalue weighted by Gasteiger charge is -2.34. The van der Waals surface area contributed by atoms with Gasteiger partial charge in [-0.05, 0) is 22.0 Å². The number of hydrogen-bond donors (Lipinski definition) is 0. The van der Waals surface area contributed by atoms with Gasteiger partial charge >= 0.3 is 5.97 Å². The van der Waals surface area contributed by atoms with Gasteiger partial charge in [0.1, 0.15) is 30.3 Å². The van der Waals surface area contributed by atoms with Crippen molar-refractivity contribution in [2.24, 2.45) is 0 Å². The lowest BCUT2D eigenvalue weighted by Crippen LogP contribution is -2.39. The molecule has 0 saturated carbocycles. The lowest BCUT2D eigenvalue weighted by atomic mass is 10.0. The van der Waals surface area contributed by atoms with Gasteiger partial charge in [-0.15, -0.1) is 0 Å². The minimum Gasteiger partial charge on any atom is -0.490 e. The van der Waals surface area contributed by atoms with E-state index >= 15 is 0 Å². The third-order valence-corrected chi connectivity index (χ3v) is 5.52. The van der Waals surface area contributed by atoms with Crippen LogP contribution in [-0.4, -0.2) is 36.5 Å². The van der Waals surface area contributed by atoms with E-state index < -0.39 is 28.3 Å². The molecule has 1 heterocycles. The van der Waals surface area contributed by atoms with Crippen LogP contribution >= 0.6 is 31.9 Å². The highest BCUT2D eigenvalue weighted by atomic mass is 79.9. The Bertz CT molecular complexity index is 637. The molecular formula is C15H15Br2FO6. The molecule has 2 rings (SSSR count). The van der Waals surface area contributed by atoms with E-state index in [4.69, 9.17) is 18.9 Å². The number of ether oxygens (including phenoxy) is 4. The third-order valence-electron chi connectivity index (χ3n) is 3.09. The summed E-state index contributed by atoms with van der Waals surface area (Å²) in [5.74, 6) is -1.43. The Balaban J connectivity index is 2.52. The minimum atomic E-state index is -1.18. The van der Waals surface area contributed by atoms with Gasteiger partial charge in [0.2, 0.25) is 5.79 Å². The number of fused-ring (bicyclic) bond motifs is 1. The predicted molar refractivity (Wildman–Crippen MR) is 89.6 cm³/mol. The molecule has 0 fully saturated rings. The molecule has 0 spiro atoms. The fourth-order valence-electron chi connectivity index (χ4n) is 2.17. The first-order valence-electron chi connectivity index (χ1n) is 6.96. The molecule has 1 aromatic rings. The van der Waals surface area contributed by atoms with E-state index in [0.717, 1.165) is 0 Å². The largest absolute Gasteiger partial charge is 0.490 e. The molecule has 24 heavy (non-hydrogen) atoms. The molecule has 0 radical (unpaired) electrons. The number of benzene rings is 1. The van der Waals surface area contributed by atoms with Crippen molar-refractivity contribution in [1.82, 2.24) is 0 Å². The van der Waals surface area contributed by atoms with E-state index in [1.165, 1.54) is 6.07 Å². The molecule has 0 N–H and O–H groups in total. The van der Waals surface area contributed by atoms with E-state index in [9.17, 15) is 14.0 Å². The molecule has 9 heteroatoms. The summed E-state index contributed by atoms with van der Waals surface area (Å²) in [6, 6.07) is 3.16. The summed E-state index contributed by atoms with van der Waals surface area (Å²) in [5, 5.41) is -0.693. The number of carbonyl (C=O) groups is 2. The number of alkyl halides is 3. The SMILES string of the molecule is CC1(C)OC(=O)c2c(OCCF)ccc(C(Br)C(Br)OC=O)c2O1. The van der Waals surface area contributed by atoms with Crippen molar-refractivity contribution in [2.45, 2.75) is 29.5 Å². The first-order chi connectivity index (χ1) is 11.3. The first-order valence-corrected chi connectivity index (χ1v) is 8.79. The summed E-state index contributed by atoms with van der Waals surface area (Å²) in [5.41, 5.74) is 0.613. The van der Waals surface area contributed by atoms with Crippen molar-refractivity contribution < 1.29 is 32.9 Å². The van der Waals surface area contributed by atoms with Gasteiger partial charge in [0, 0.05) is 19.4 Å². The van der Waals surface area contributed by atoms with E-state index in [-0.39, 0.29) is 23.7 Å². The summed E-state index contributed by atoms with van der Waals surface area (Å²) in [7, 11) is 0. The highest BCUT2D eigenvalue weighted by Crippen LogP contribution is 2.45. The van der Waals surface area contributed by atoms with Crippen LogP contribution in [0.3, 0.4) is 0 Å². The molecule has 0 bridgehead atoms. The van der Waals surface area contributed by atoms with Crippen LogP contribution in [0.25, 0.3) is 0 Å². The number of esters is 1. The van der Waals surface area contributed by atoms with Gasteiger partial charge in [0.15, 0.2) is 5.01 Å². The van der Waals surface area contributed by atoms with Crippen molar-refractivity contribution in [2.75, 3.05) is 13.3 Å². The van der Waals surface area contributed by atoms with Crippen LogP contribution in [0.15, 0.2) is 12.1 Å². The van der Waals surface area contributed by atoms with Gasteiger partial charge in [-0.25, -0.2) is 9.18 Å². The second kappa shape index (κ2) is 7.69. The van der Waals surface area contributed by atoms with Crippen molar-refractivity contribution in [3.05, 3.63) is 23.3 Å². The second-order valence-electron chi connectivity index (χ2n) is 5.27. The fourth-order valence-corrected chi connectivity index (χ4v) is 3.03. The average Bonchev–Trinajstić information content (AvgIpc) is 2.50. The van der Waals surface area contributed by atoms with Crippen LogP contribution in [0.4, 0.5) is 4.39 Å². The van der Waals surface area contributed by atoms with Crippen LogP contribution < -0.4 is 9.47 Å². The summed E-state index contributed by atoms with van der Waals surface area (Å²) < 4.78 is 33.5. The molecular weight excluding hydrogens is 455 g/mol. The number of halogens is 3. The molecule has 1 aliphatic rings. The zero-order valence-corrected chi connectivity index (χ0v) is 16.1. The summed E-state index contributed by atoms with van der Waals surface area (Å²) in [6.07, 6.45) is 0. The zero-order chi connectivity index (χ0) is 17.9. The molecule has 1 aromatic carbocycles. The van der Waals surface area contributed by atoms with Crippen LogP contribution in [0.5, 0.6) is 11.5 Å². The van der Waals surface area contributed by atoms with Crippen molar-refractivity contribution in [1.29, 1.82) is 0 Å². The molecule has 0 aromatic heterocycles. The normalized spacial score (nSPS) is 17.8. The van der Waals surface area contributed by atoms with E-state index in [2.05, 4.69) is 31.9 Å². The monoisotopic (exact) mass is 468 g/mol. The van der Waals surface area contributed by atoms with E-state index in [1.807, 2.05) is 0 Å². The predicted octanol–water partition coefficient (Wildman–Crippen LogP) is 3.65. The van der Waals surface area contributed by atoms with Crippen molar-refractivity contribution >= 4 is 44.3 Å². The lowest BCUT2D eigenvalue weighted by molar-refractivity contribution is -0.131. The maximum atomic E-state index is 12.4. The summed E-state index contributed by atoms with van der Waals surface area (Å²) in [4.78, 5) is 22.4. The van der Waals surface area contributed by atoms with Gasteiger partial charge in [-0.1, -0.05) is 22.0 Å². The van der Waals surface area contributed by atoms with Gasteiger partial charge in [-0.2, -0.15) is 0 Å². The highest BCUT2D eigenvalue weighted by Gasteiger charge is 2.39. The summed E-state index contributed by atoms with van der Waals surface area (Å²) >= 11 is 6.62. The van der Waals surface area contributed by atoms with Crippen LogP contribution in [0.1, 0.15) is 34.6 Å². The highest BCUT2D eigenvalue weighted by molar-refractivity contribution is 9.12. The third kappa shape index (κ3) is 4.00. The Morgan fingerprint density at radius 2 is 2.04 bits per heavy atom. The molecule has 132 valence electrons. The summed E-state index contributed by atoms with van der Waals surface area (Å²) in [6.45, 7) is 2.58. The number of hydrogen-bond acceptors (Lipinski definition) is 6. The Labute approximate surface area is 154 Å². The average molecular weight is 470 g/mol. The molecule has 2 atom stereocenters. The quantitative estimate of drug-likeness (QED) is 0.345. The number of carbonyl (C=O) groups excluding carboxylic acids is 2. The molecule has 0 amide bonds. The Hall–Kier alpha value is -1.35. The van der Waals surface area contributed by atoms with Gasteiger partial charge < -0.3 is 18.9 Å². The van der Waals surface area contributed by atoms with Crippen LogP contribution in [-0.2, 0) is 14.3 Å². The van der Waals surface area contributed by atoms with Crippen molar-refractivity contribution in [3.8, 4) is 11.5 Å². The fraction of sp³-hybridized carbons (Fsp3) is 0.467. The molecule has 0 saturated heterocycles. The zero-order valence-electron chi connectivity index (χ0n) is 12.9. The Morgan fingerprint density at radius 1 is 1.33 bits per heavy atom. The van der Waals surface area contributed by atoms with Crippen molar-refractivity contribution in [3.63, 3.8) is 0 Å². The Kier molecular flexibility index (Phi) is 6.08. The standard InChI is InChI=1S/C15H15Br2FO6/c1-15(2)23-12-8(11(16)13(17)22-7-19)3-4-9(21-6-5-18)10(12)14(20)24-15/h3-4,7,11,13H,5-6H2,1-2H3. The van der Waals surface area contributed by atoms with Crippen LogP contribution in [0, 0.1) is 0 Å². The topological polar surface area (TPSA) is 71.1 Å². The van der Waals surface area contributed by atoms with Gasteiger partial charge in [0.05, 0.1) is 4.83 Å². The molecule has 2 unspecified atom stereocenters. The molecule has 0 aliphatic carbocycles. The van der Waals surface area contributed by atoms with E-state index in [0.29, 0.717) is 12.0 Å². The first kappa shape index (κ1) is 19.0. The number of cyclic esters (lactones) is 1. The molecule has 1 aliphatic heterocycles. The maximum absolute atomic E-state index is 12.4.